The molecule has 0 amide bonds. The van der Waals surface area contributed by atoms with Gasteiger partial charge in [-0.05, 0) is 128 Å². The average molecular weight is 819 g/mol. The fourth-order valence-corrected chi connectivity index (χ4v) is 11.0. The van der Waals surface area contributed by atoms with Crippen molar-refractivity contribution >= 4 is 44.9 Å². The van der Waals surface area contributed by atoms with E-state index < -0.39 is 5.41 Å². The van der Waals surface area contributed by atoms with Crippen LogP contribution in [0.3, 0.4) is 0 Å². The standard InChI is InChI=1S/C62H46N2/c1-61(2)56-28-14-11-25-52(56)55-41-40-50(42-59(55)61)63(46-20-5-3-6-21-46)48-36-32-44(33-37-48)62(57-29-15-12-26-53(57)54-27-13-16-30-58(54)62)45-34-38-49(39-35-45)64(47-22-7-4-8-23-47)60-31-17-19-43-18-9-10-24-51(43)60/h3-42H,1-2H3. The number of benzene rings is 10. The second-order valence-electron chi connectivity index (χ2n) is 17.7. The number of hydrogen-bond acceptors (Lipinski definition) is 2. The molecule has 0 spiro atoms. The maximum Gasteiger partial charge on any atom is 0.0713 e. The molecule has 12 rings (SSSR count). The molecule has 0 N–H and O–H groups in total. The van der Waals surface area contributed by atoms with Gasteiger partial charge in [0.2, 0.25) is 0 Å². The lowest BCUT2D eigenvalue weighted by Gasteiger charge is -2.35. The molecular weight excluding hydrogens is 773 g/mol. The molecule has 2 nitrogen and oxygen atoms in total. The summed E-state index contributed by atoms with van der Waals surface area (Å²) in [5.74, 6) is 0. The highest BCUT2D eigenvalue weighted by molar-refractivity contribution is 5.99. The van der Waals surface area contributed by atoms with Crippen LogP contribution < -0.4 is 9.80 Å². The van der Waals surface area contributed by atoms with Crippen LogP contribution in [0.1, 0.15) is 47.2 Å². The van der Waals surface area contributed by atoms with E-state index in [0.29, 0.717) is 0 Å². The predicted molar refractivity (Wildman–Crippen MR) is 268 cm³/mol. The van der Waals surface area contributed by atoms with E-state index >= 15 is 0 Å². The molecule has 0 fully saturated rings. The second kappa shape index (κ2) is 14.9. The summed E-state index contributed by atoms with van der Waals surface area (Å²) in [4.78, 5) is 4.80. The molecule has 0 bridgehead atoms. The quantitative estimate of drug-likeness (QED) is 0.151. The van der Waals surface area contributed by atoms with Crippen molar-refractivity contribution in [2.24, 2.45) is 0 Å². The Morgan fingerprint density at radius 1 is 0.297 bits per heavy atom. The van der Waals surface area contributed by atoms with Crippen LogP contribution in [0.5, 0.6) is 0 Å². The van der Waals surface area contributed by atoms with Gasteiger partial charge in [-0.15, -0.1) is 0 Å². The molecule has 2 heteroatoms. The van der Waals surface area contributed by atoms with E-state index in [1.807, 2.05) is 0 Å². The predicted octanol–water partition coefficient (Wildman–Crippen LogP) is 16.4. The van der Waals surface area contributed by atoms with Gasteiger partial charge in [-0.2, -0.15) is 0 Å². The zero-order valence-electron chi connectivity index (χ0n) is 36.0. The van der Waals surface area contributed by atoms with Gasteiger partial charge >= 0.3 is 0 Å². The summed E-state index contributed by atoms with van der Waals surface area (Å²) in [6.07, 6.45) is 0. The Hall–Kier alpha value is -7.94. The van der Waals surface area contributed by atoms with Gasteiger partial charge in [0, 0.05) is 39.2 Å². The van der Waals surface area contributed by atoms with Crippen molar-refractivity contribution in [2.45, 2.75) is 24.7 Å². The summed E-state index contributed by atoms with van der Waals surface area (Å²) in [5, 5.41) is 2.43. The van der Waals surface area contributed by atoms with Crippen molar-refractivity contribution in [2.75, 3.05) is 9.80 Å². The van der Waals surface area contributed by atoms with Gasteiger partial charge in [0.15, 0.2) is 0 Å². The lowest BCUT2D eigenvalue weighted by Crippen LogP contribution is -2.28. The van der Waals surface area contributed by atoms with Gasteiger partial charge in [0.1, 0.15) is 0 Å². The third-order valence-corrected chi connectivity index (χ3v) is 13.9. The smallest absolute Gasteiger partial charge is 0.0713 e. The van der Waals surface area contributed by atoms with Crippen LogP contribution in [0.25, 0.3) is 33.0 Å². The van der Waals surface area contributed by atoms with Gasteiger partial charge in [0.05, 0.1) is 11.1 Å². The lowest BCUT2D eigenvalue weighted by molar-refractivity contribution is 0.660. The minimum Gasteiger partial charge on any atom is -0.310 e. The third-order valence-electron chi connectivity index (χ3n) is 13.9. The van der Waals surface area contributed by atoms with E-state index in [9.17, 15) is 0 Å². The molecule has 304 valence electrons. The van der Waals surface area contributed by atoms with Gasteiger partial charge < -0.3 is 9.80 Å². The van der Waals surface area contributed by atoms with E-state index in [0.717, 1.165) is 34.1 Å². The Bertz CT molecular complexity index is 3300. The molecule has 0 unspecified atom stereocenters. The van der Waals surface area contributed by atoms with E-state index in [1.165, 1.54) is 66.4 Å². The molecule has 64 heavy (non-hydrogen) atoms. The zero-order chi connectivity index (χ0) is 42.8. The van der Waals surface area contributed by atoms with Crippen molar-refractivity contribution in [3.63, 3.8) is 0 Å². The molecule has 0 saturated carbocycles. The van der Waals surface area contributed by atoms with Crippen molar-refractivity contribution in [1.29, 1.82) is 0 Å². The first-order chi connectivity index (χ1) is 31.5. The molecule has 0 saturated heterocycles. The number of hydrogen-bond donors (Lipinski definition) is 0. The Balaban J connectivity index is 1.01. The van der Waals surface area contributed by atoms with Gasteiger partial charge in [-0.3, -0.25) is 0 Å². The average Bonchev–Trinajstić information content (AvgIpc) is 3.78. The number of rotatable bonds is 8. The molecule has 0 aliphatic heterocycles. The van der Waals surface area contributed by atoms with Crippen molar-refractivity contribution in [1.82, 2.24) is 0 Å². The third kappa shape index (κ3) is 5.72. The highest BCUT2D eigenvalue weighted by Crippen LogP contribution is 2.57. The van der Waals surface area contributed by atoms with Crippen LogP contribution in [0, 0.1) is 0 Å². The number of nitrogens with zero attached hydrogens (tertiary/aromatic N) is 2. The molecule has 10 aromatic carbocycles. The van der Waals surface area contributed by atoms with Gasteiger partial charge in [-0.1, -0.05) is 190 Å². The van der Waals surface area contributed by atoms with Gasteiger partial charge in [0.25, 0.3) is 0 Å². The summed E-state index contributed by atoms with van der Waals surface area (Å²) in [7, 11) is 0. The molecule has 0 atom stereocenters. The minimum atomic E-state index is -0.553. The molecule has 10 aromatic rings. The molecule has 0 radical (unpaired) electrons. The topological polar surface area (TPSA) is 6.48 Å². The zero-order valence-corrected chi connectivity index (χ0v) is 36.0. The molecule has 2 aliphatic rings. The Labute approximate surface area is 376 Å². The van der Waals surface area contributed by atoms with Crippen molar-refractivity contribution < 1.29 is 0 Å². The van der Waals surface area contributed by atoms with E-state index in [2.05, 4.69) is 266 Å². The highest BCUT2D eigenvalue weighted by Gasteiger charge is 2.46. The largest absolute Gasteiger partial charge is 0.310 e. The lowest BCUT2D eigenvalue weighted by atomic mass is 9.67. The molecular formula is C62H46N2. The Morgan fingerprint density at radius 2 is 0.719 bits per heavy atom. The summed E-state index contributed by atoms with van der Waals surface area (Å²) in [6, 6.07) is 89.4. The Morgan fingerprint density at radius 3 is 1.33 bits per heavy atom. The van der Waals surface area contributed by atoms with E-state index in [1.54, 1.807) is 0 Å². The SMILES string of the molecule is CC1(C)c2ccccc2-c2ccc(N(c3ccccc3)c3ccc(C4(c5ccc(N(c6ccccc6)c6cccc7ccccc67)cc5)c5ccccc5-c5ccccc54)cc3)cc21. The van der Waals surface area contributed by atoms with Crippen LogP contribution >= 0.6 is 0 Å². The molecule has 0 heterocycles. The van der Waals surface area contributed by atoms with Crippen LogP contribution in [-0.4, -0.2) is 0 Å². The minimum absolute atomic E-state index is 0.105. The van der Waals surface area contributed by atoms with Crippen LogP contribution in [-0.2, 0) is 10.8 Å². The number of para-hydroxylation sites is 2. The van der Waals surface area contributed by atoms with Gasteiger partial charge in [-0.25, -0.2) is 0 Å². The summed E-state index contributed by atoms with van der Waals surface area (Å²) in [6.45, 7) is 4.71. The number of anilines is 6. The highest BCUT2D eigenvalue weighted by atomic mass is 15.1. The van der Waals surface area contributed by atoms with Crippen molar-refractivity contribution in [3.8, 4) is 22.3 Å². The molecule has 2 aliphatic carbocycles. The fraction of sp³-hybridized carbons (Fsp3) is 0.0645. The Kier molecular flexibility index (Phi) is 8.77. The van der Waals surface area contributed by atoms with Crippen LogP contribution in [0.4, 0.5) is 34.1 Å². The second-order valence-corrected chi connectivity index (χ2v) is 17.7. The first-order valence-corrected chi connectivity index (χ1v) is 22.3. The number of fused-ring (bicyclic) bond motifs is 7. The van der Waals surface area contributed by atoms with Crippen LogP contribution in [0.15, 0.2) is 243 Å². The normalized spacial score (nSPS) is 13.7. The summed E-state index contributed by atoms with van der Waals surface area (Å²) >= 11 is 0. The monoisotopic (exact) mass is 818 g/mol. The van der Waals surface area contributed by atoms with Crippen molar-refractivity contribution in [3.05, 3.63) is 276 Å². The summed E-state index contributed by atoms with van der Waals surface area (Å²) in [5.41, 5.74) is 19.1. The first kappa shape index (κ1) is 37.8. The summed E-state index contributed by atoms with van der Waals surface area (Å²) < 4.78 is 0. The first-order valence-electron chi connectivity index (χ1n) is 22.3. The maximum atomic E-state index is 2.42. The van der Waals surface area contributed by atoms with E-state index in [-0.39, 0.29) is 5.41 Å². The molecule has 0 aromatic heterocycles. The van der Waals surface area contributed by atoms with Crippen LogP contribution in [0.2, 0.25) is 0 Å². The maximum absolute atomic E-state index is 2.42. The fourth-order valence-electron chi connectivity index (χ4n) is 11.0. The van der Waals surface area contributed by atoms with E-state index in [4.69, 9.17) is 0 Å².